The number of hydrogen-bond acceptors (Lipinski definition) is 3. The van der Waals surface area contributed by atoms with Crippen molar-refractivity contribution in [1.82, 2.24) is 15.2 Å². The molecule has 19 heavy (non-hydrogen) atoms. The highest BCUT2D eigenvalue weighted by Gasteiger charge is 2.25. The monoisotopic (exact) mass is 265 g/mol. The molecule has 6 nitrogen and oxygen atoms in total. The van der Waals surface area contributed by atoms with Crippen LogP contribution in [0.15, 0.2) is 0 Å². The molecule has 0 saturated carbocycles. The third-order valence-electron chi connectivity index (χ3n) is 3.49. The van der Waals surface area contributed by atoms with Gasteiger partial charge in [0.1, 0.15) is 5.69 Å². The van der Waals surface area contributed by atoms with Gasteiger partial charge in [-0.25, -0.2) is 4.79 Å². The molecule has 0 bridgehead atoms. The van der Waals surface area contributed by atoms with Gasteiger partial charge in [-0.05, 0) is 32.4 Å². The van der Waals surface area contributed by atoms with Crippen molar-refractivity contribution >= 4 is 11.9 Å². The summed E-state index contributed by atoms with van der Waals surface area (Å²) in [4.78, 5) is 28.2. The van der Waals surface area contributed by atoms with E-state index in [1.54, 1.807) is 18.7 Å². The average molecular weight is 265 g/mol. The normalized spacial score (nSPS) is 16.2. The molecule has 1 aromatic heterocycles. The van der Waals surface area contributed by atoms with Crippen LogP contribution in [0, 0.1) is 13.8 Å². The van der Waals surface area contributed by atoms with E-state index in [1.807, 2.05) is 0 Å². The Morgan fingerprint density at radius 3 is 2.58 bits per heavy atom. The summed E-state index contributed by atoms with van der Waals surface area (Å²) >= 11 is 0. The Balaban J connectivity index is 2.30. The van der Waals surface area contributed by atoms with E-state index in [4.69, 9.17) is 5.11 Å². The molecule has 2 rings (SSSR count). The van der Waals surface area contributed by atoms with Gasteiger partial charge < -0.3 is 20.3 Å². The molecule has 1 fully saturated rings. The smallest absolute Gasteiger partial charge is 0.352 e. The first-order valence-corrected chi connectivity index (χ1v) is 6.45. The quantitative estimate of drug-likeness (QED) is 0.737. The molecular formula is C13H19N3O3. The van der Waals surface area contributed by atoms with Crippen LogP contribution in [-0.4, -0.2) is 53.0 Å². The van der Waals surface area contributed by atoms with E-state index >= 15 is 0 Å². The Morgan fingerprint density at radius 2 is 1.95 bits per heavy atom. The number of aromatic amines is 1. The topological polar surface area (TPSA) is 85.4 Å². The maximum Gasteiger partial charge on any atom is 0.352 e. The van der Waals surface area contributed by atoms with E-state index in [0.29, 0.717) is 29.9 Å². The molecule has 6 heteroatoms. The van der Waals surface area contributed by atoms with E-state index in [0.717, 1.165) is 19.5 Å². The van der Waals surface area contributed by atoms with Gasteiger partial charge in [0.05, 0.1) is 5.56 Å². The molecule has 1 saturated heterocycles. The highest BCUT2D eigenvalue weighted by molar-refractivity contribution is 6.00. The van der Waals surface area contributed by atoms with E-state index < -0.39 is 5.97 Å². The number of aromatic nitrogens is 1. The molecule has 0 radical (unpaired) electrons. The standard InChI is InChI=1S/C13H19N3O3/c1-8-10(9(2)15-11(8)13(18)19)12(17)16-6-3-4-14-5-7-16/h14-15H,3-7H2,1-2H3,(H,18,19). The van der Waals surface area contributed by atoms with Crippen molar-refractivity contribution in [3.8, 4) is 0 Å². The number of hydrogen-bond donors (Lipinski definition) is 3. The van der Waals surface area contributed by atoms with Gasteiger partial charge in [0, 0.05) is 25.3 Å². The maximum atomic E-state index is 12.5. The summed E-state index contributed by atoms with van der Waals surface area (Å²) in [6.07, 6.45) is 0.917. The van der Waals surface area contributed by atoms with Gasteiger partial charge in [-0.1, -0.05) is 0 Å². The minimum atomic E-state index is -1.03. The summed E-state index contributed by atoms with van der Waals surface area (Å²) in [5.74, 6) is -1.11. The van der Waals surface area contributed by atoms with Crippen molar-refractivity contribution in [1.29, 1.82) is 0 Å². The molecule has 1 amide bonds. The van der Waals surface area contributed by atoms with E-state index in [9.17, 15) is 9.59 Å². The van der Waals surface area contributed by atoms with Crippen LogP contribution < -0.4 is 5.32 Å². The third kappa shape index (κ3) is 2.63. The van der Waals surface area contributed by atoms with Crippen molar-refractivity contribution in [2.24, 2.45) is 0 Å². The summed E-state index contributed by atoms with van der Waals surface area (Å²) in [5.41, 5.74) is 1.75. The van der Waals surface area contributed by atoms with Crippen molar-refractivity contribution < 1.29 is 14.7 Å². The Hall–Kier alpha value is -1.82. The first-order valence-electron chi connectivity index (χ1n) is 6.45. The van der Waals surface area contributed by atoms with Crippen LogP contribution in [0.4, 0.5) is 0 Å². The van der Waals surface area contributed by atoms with Crippen LogP contribution in [0.3, 0.4) is 0 Å². The number of carboxylic acids is 1. The highest BCUT2D eigenvalue weighted by atomic mass is 16.4. The van der Waals surface area contributed by atoms with Crippen LogP contribution in [0.2, 0.25) is 0 Å². The minimum Gasteiger partial charge on any atom is -0.477 e. The largest absolute Gasteiger partial charge is 0.477 e. The molecule has 0 spiro atoms. The Labute approximate surface area is 111 Å². The minimum absolute atomic E-state index is 0.0811. The highest BCUT2D eigenvalue weighted by Crippen LogP contribution is 2.20. The van der Waals surface area contributed by atoms with E-state index in [1.165, 1.54) is 0 Å². The molecule has 1 aliphatic heterocycles. The second-order valence-electron chi connectivity index (χ2n) is 4.83. The molecule has 3 N–H and O–H groups in total. The summed E-state index contributed by atoms with van der Waals surface area (Å²) < 4.78 is 0. The van der Waals surface area contributed by atoms with Crippen LogP contribution >= 0.6 is 0 Å². The van der Waals surface area contributed by atoms with Crippen molar-refractivity contribution in [3.05, 3.63) is 22.5 Å². The van der Waals surface area contributed by atoms with Gasteiger partial charge in [0.25, 0.3) is 5.91 Å². The molecule has 0 unspecified atom stereocenters. The number of nitrogens with zero attached hydrogens (tertiary/aromatic N) is 1. The number of aromatic carboxylic acids is 1. The first-order chi connectivity index (χ1) is 9.02. The second-order valence-corrected chi connectivity index (χ2v) is 4.83. The van der Waals surface area contributed by atoms with Gasteiger partial charge in [-0.15, -0.1) is 0 Å². The maximum absolute atomic E-state index is 12.5. The Bertz CT molecular complexity index is 499. The number of amides is 1. The fourth-order valence-electron chi connectivity index (χ4n) is 2.49. The van der Waals surface area contributed by atoms with Crippen molar-refractivity contribution in [3.63, 3.8) is 0 Å². The zero-order valence-electron chi connectivity index (χ0n) is 11.2. The molecule has 104 valence electrons. The molecule has 0 atom stereocenters. The van der Waals surface area contributed by atoms with E-state index in [-0.39, 0.29) is 11.6 Å². The van der Waals surface area contributed by atoms with Crippen LogP contribution in [0.1, 0.15) is 38.5 Å². The summed E-state index contributed by atoms with van der Waals surface area (Å²) in [7, 11) is 0. The SMILES string of the molecule is Cc1[nH]c(C(=O)O)c(C)c1C(=O)N1CCCNCC1. The van der Waals surface area contributed by atoms with Gasteiger partial charge >= 0.3 is 5.97 Å². The average Bonchev–Trinajstić information content (AvgIpc) is 2.58. The van der Waals surface area contributed by atoms with Crippen LogP contribution in [-0.2, 0) is 0 Å². The lowest BCUT2D eigenvalue weighted by Gasteiger charge is -2.20. The third-order valence-corrected chi connectivity index (χ3v) is 3.49. The van der Waals surface area contributed by atoms with Gasteiger partial charge in [0.15, 0.2) is 0 Å². The van der Waals surface area contributed by atoms with Crippen molar-refractivity contribution in [2.75, 3.05) is 26.2 Å². The Kier molecular flexibility index (Phi) is 3.90. The zero-order chi connectivity index (χ0) is 14.0. The summed E-state index contributed by atoms with van der Waals surface area (Å²) in [6.45, 7) is 6.47. The van der Waals surface area contributed by atoms with Crippen LogP contribution in [0.5, 0.6) is 0 Å². The molecule has 0 aromatic carbocycles. The molecule has 1 aromatic rings. The fourth-order valence-corrected chi connectivity index (χ4v) is 2.49. The first kappa shape index (κ1) is 13.6. The molecule has 0 aliphatic carbocycles. The van der Waals surface area contributed by atoms with Gasteiger partial charge in [-0.2, -0.15) is 0 Å². The van der Waals surface area contributed by atoms with Crippen LogP contribution in [0.25, 0.3) is 0 Å². The lowest BCUT2D eigenvalue weighted by Crippen LogP contribution is -2.34. The molecular weight excluding hydrogens is 246 g/mol. The summed E-state index contributed by atoms with van der Waals surface area (Å²) in [6, 6.07) is 0. The second kappa shape index (κ2) is 5.44. The number of carboxylic acid groups (broad SMARTS) is 1. The number of rotatable bonds is 2. The number of H-pyrrole nitrogens is 1. The number of nitrogens with one attached hydrogen (secondary N) is 2. The van der Waals surface area contributed by atoms with E-state index in [2.05, 4.69) is 10.3 Å². The van der Waals surface area contributed by atoms with Gasteiger partial charge in [0.2, 0.25) is 0 Å². The predicted molar refractivity (Wildman–Crippen MR) is 70.6 cm³/mol. The summed E-state index contributed by atoms with van der Waals surface area (Å²) in [5, 5.41) is 12.3. The molecule has 1 aliphatic rings. The fraction of sp³-hybridized carbons (Fsp3) is 0.538. The number of carbonyl (C=O) groups excluding carboxylic acids is 1. The Morgan fingerprint density at radius 1 is 1.21 bits per heavy atom. The number of aryl methyl sites for hydroxylation is 1. The lowest BCUT2D eigenvalue weighted by atomic mass is 10.1. The van der Waals surface area contributed by atoms with Gasteiger partial charge in [-0.3, -0.25) is 4.79 Å². The number of carbonyl (C=O) groups is 2. The van der Waals surface area contributed by atoms with Crippen molar-refractivity contribution in [2.45, 2.75) is 20.3 Å². The lowest BCUT2D eigenvalue weighted by molar-refractivity contribution is 0.0690. The zero-order valence-corrected chi connectivity index (χ0v) is 11.2. The molecule has 2 heterocycles. The predicted octanol–water partition coefficient (Wildman–Crippen LogP) is 0.765.